The molecule has 2 aromatic heterocycles. The molecule has 0 saturated heterocycles. The summed E-state index contributed by atoms with van der Waals surface area (Å²) >= 11 is 0.796. The largest absolute Gasteiger partial charge is 0.496 e. The number of pyridine rings is 1. The first-order valence-corrected chi connectivity index (χ1v) is 7.32. The van der Waals surface area contributed by atoms with Crippen LogP contribution in [0.15, 0.2) is 6.20 Å². The lowest BCUT2D eigenvalue weighted by molar-refractivity contribution is -0.611. The molecule has 0 aliphatic carbocycles. The van der Waals surface area contributed by atoms with Gasteiger partial charge >= 0.3 is 5.95 Å². The van der Waals surface area contributed by atoms with E-state index in [9.17, 15) is 4.55 Å². The number of ether oxygens (including phenoxy) is 1. The molecule has 0 saturated carbocycles. The van der Waals surface area contributed by atoms with Gasteiger partial charge in [0.2, 0.25) is 0 Å². The Hall–Kier alpha value is -1.53. The van der Waals surface area contributed by atoms with Gasteiger partial charge in [0, 0.05) is 11.1 Å². The van der Waals surface area contributed by atoms with Gasteiger partial charge in [0.1, 0.15) is 22.8 Å². The van der Waals surface area contributed by atoms with Gasteiger partial charge in [-0.2, -0.15) is 0 Å². The van der Waals surface area contributed by atoms with E-state index in [1.54, 1.807) is 7.11 Å². The molecule has 0 unspecified atom stereocenters. The summed E-state index contributed by atoms with van der Waals surface area (Å²) in [7, 11) is 1.66. The number of hydrogen-bond acceptors (Lipinski definition) is 4. The van der Waals surface area contributed by atoms with Gasteiger partial charge in [-0.3, -0.25) is 0 Å². The number of nitrogens with zero attached hydrogens (tertiary/aromatic N) is 2. The fraction of sp³-hybridized carbons (Fsp3) is 0.429. The van der Waals surface area contributed by atoms with Crippen molar-refractivity contribution in [2.45, 2.75) is 33.4 Å². The number of imidazole rings is 1. The van der Waals surface area contributed by atoms with Gasteiger partial charge in [0.15, 0.2) is 0 Å². The quantitative estimate of drug-likeness (QED) is 0.672. The molecule has 0 amide bonds. The van der Waals surface area contributed by atoms with Gasteiger partial charge in [0.05, 0.1) is 19.1 Å². The summed E-state index contributed by atoms with van der Waals surface area (Å²) in [5, 5.41) is 0. The second kappa shape index (κ2) is 5.85. The molecular formula is C14H20N3O2S+. The normalized spacial score (nSPS) is 10.9. The van der Waals surface area contributed by atoms with Crippen molar-refractivity contribution in [2.75, 3.05) is 7.11 Å². The molecule has 0 aromatic carbocycles. The molecule has 2 N–H and O–H groups in total. The zero-order valence-electron chi connectivity index (χ0n) is 12.4. The minimum absolute atomic E-state index is 0.473. The monoisotopic (exact) mass is 294 g/mol. The predicted molar refractivity (Wildman–Crippen MR) is 79.5 cm³/mol. The summed E-state index contributed by atoms with van der Waals surface area (Å²) in [6.07, 6.45) is 1.98. The van der Waals surface area contributed by atoms with E-state index in [1.807, 2.05) is 38.5 Å². The molecule has 6 heteroatoms. The van der Waals surface area contributed by atoms with Crippen molar-refractivity contribution in [1.29, 1.82) is 0 Å². The first-order valence-electron chi connectivity index (χ1n) is 6.38. The molecule has 0 aliphatic rings. The van der Waals surface area contributed by atoms with E-state index in [0.717, 1.165) is 51.9 Å². The average molecular weight is 294 g/mol. The fourth-order valence-electron chi connectivity index (χ4n) is 2.32. The number of aryl methyl sites for hydroxylation is 3. The molecule has 2 heterocycles. The highest BCUT2D eigenvalue weighted by molar-refractivity contribution is 7.92. The first-order chi connectivity index (χ1) is 9.49. The summed E-state index contributed by atoms with van der Waals surface area (Å²) in [4.78, 5) is 7.81. The van der Waals surface area contributed by atoms with Crippen molar-refractivity contribution >= 4 is 12.0 Å². The van der Waals surface area contributed by atoms with Gasteiger partial charge in [-0.05, 0) is 39.7 Å². The van der Waals surface area contributed by atoms with Crippen LogP contribution < -0.4 is 9.30 Å². The number of H-pyrrole nitrogens is 1. The molecule has 108 valence electrons. The Kier molecular flexibility index (Phi) is 4.35. The highest BCUT2D eigenvalue weighted by Crippen LogP contribution is 2.25. The zero-order chi connectivity index (χ0) is 14.9. The molecule has 5 nitrogen and oxygen atoms in total. The number of aromatic nitrogens is 3. The van der Waals surface area contributed by atoms with E-state index >= 15 is 0 Å². The minimum atomic E-state index is 0.473. The van der Waals surface area contributed by atoms with Crippen molar-refractivity contribution in [3.05, 3.63) is 34.4 Å². The van der Waals surface area contributed by atoms with Crippen molar-refractivity contribution in [3.63, 3.8) is 0 Å². The first kappa shape index (κ1) is 14.9. The van der Waals surface area contributed by atoms with Gasteiger partial charge in [-0.15, -0.1) is 0 Å². The van der Waals surface area contributed by atoms with Crippen LogP contribution in [0.4, 0.5) is 0 Å². The standard InChI is InChI=1S/C14H19N3O2S/c1-8-6-17(14-15-10(3)11(4)16-14)12(7-20-18)9(2)13(8)19-5/h6H,7H2,1-5H3,(H-,15,16,18)/p+1. The highest BCUT2D eigenvalue weighted by atomic mass is 32.2. The van der Waals surface area contributed by atoms with Crippen LogP contribution in [0.5, 0.6) is 5.75 Å². The van der Waals surface area contributed by atoms with E-state index in [2.05, 4.69) is 9.97 Å². The number of aromatic amines is 1. The third-order valence-electron chi connectivity index (χ3n) is 3.49. The van der Waals surface area contributed by atoms with Gasteiger partial charge in [-0.25, -0.2) is 9.55 Å². The van der Waals surface area contributed by atoms with Crippen LogP contribution in [0.1, 0.15) is 28.2 Å². The lowest BCUT2D eigenvalue weighted by Gasteiger charge is -2.14. The molecule has 0 aliphatic heterocycles. The zero-order valence-corrected chi connectivity index (χ0v) is 13.3. The molecular weight excluding hydrogens is 274 g/mol. The van der Waals surface area contributed by atoms with Gasteiger partial charge < -0.3 is 9.29 Å². The van der Waals surface area contributed by atoms with Crippen LogP contribution in [0.3, 0.4) is 0 Å². The molecule has 0 fully saturated rings. The van der Waals surface area contributed by atoms with Crippen LogP contribution in [-0.2, 0) is 5.75 Å². The number of methoxy groups -OCH3 is 1. The van der Waals surface area contributed by atoms with E-state index in [-0.39, 0.29) is 0 Å². The SMILES string of the molecule is COc1c(C)c[n+](-c2nc(C)c(C)[nH]2)c(CSO)c1C. The van der Waals surface area contributed by atoms with Crippen molar-refractivity contribution in [3.8, 4) is 11.7 Å². The number of hydrogen-bond donors (Lipinski definition) is 2. The van der Waals surface area contributed by atoms with Crippen molar-refractivity contribution in [2.24, 2.45) is 0 Å². The Labute approximate surface area is 123 Å². The maximum Gasteiger partial charge on any atom is 0.401 e. The summed E-state index contributed by atoms with van der Waals surface area (Å²) in [6, 6.07) is 0. The lowest BCUT2D eigenvalue weighted by Crippen LogP contribution is -2.38. The second-order valence-corrected chi connectivity index (χ2v) is 5.38. The topological polar surface area (TPSA) is 62.0 Å². The number of nitrogens with one attached hydrogen (secondary N) is 1. The average Bonchev–Trinajstić information content (AvgIpc) is 2.73. The van der Waals surface area contributed by atoms with E-state index < -0.39 is 0 Å². The molecule has 0 atom stereocenters. The third-order valence-corrected chi connectivity index (χ3v) is 3.90. The van der Waals surface area contributed by atoms with Gasteiger partial charge in [-0.1, -0.05) is 4.98 Å². The predicted octanol–water partition coefficient (Wildman–Crippen LogP) is 2.63. The van der Waals surface area contributed by atoms with Crippen LogP contribution in [-0.4, -0.2) is 21.6 Å². The Bertz CT molecular complexity index is 618. The molecule has 20 heavy (non-hydrogen) atoms. The Balaban J connectivity index is 2.68. The molecule has 0 spiro atoms. The minimum Gasteiger partial charge on any atom is -0.496 e. The number of rotatable bonds is 4. The maximum atomic E-state index is 9.24. The van der Waals surface area contributed by atoms with Crippen LogP contribution in [0.25, 0.3) is 5.95 Å². The molecule has 0 bridgehead atoms. The van der Waals surface area contributed by atoms with E-state index in [0.29, 0.717) is 5.75 Å². The van der Waals surface area contributed by atoms with E-state index in [4.69, 9.17) is 4.74 Å². The van der Waals surface area contributed by atoms with Crippen molar-refractivity contribution in [1.82, 2.24) is 9.97 Å². The summed E-state index contributed by atoms with van der Waals surface area (Å²) < 4.78 is 16.7. The Morgan fingerprint density at radius 2 is 2.05 bits per heavy atom. The highest BCUT2D eigenvalue weighted by Gasteiger charge is 2.22. The third kappa shape index (κ3) is 2.53. The smallest absolute Gasteiger partial charge is 0.401 e. The van der Waals surface area contributed by atoms with Crippen molar-refractivity contribution < 1.29 is 13.9 Å². The Morgan fingerprint density at radius 3 is 2.55 bits per heavy atom. The van der Waals surface area contributed by atoms with E-state index in [1.165, 1.54) is 0 Å². The summed E-state index contributed by atoms with van der Waals surface area (Å²) in [5.41, 5.74) is 5.03. The summed E-state index contributed by atoms with van der Waals surface area (Å²) in [6.45, 7) is 7.97. The summed E-state index contributed by atoms with van der Waals surface area (Å²) in [5.74, 6) is 2.09. The second-order valence-electron chi connectivity index (χ2n) is 4.83. The lowest BCUT2D eigenvalue weighted by atomic mass is 10.1. The fourth-order valence-corrected chi connectivity index (χ4v) is 2.80. The maximum absolute atomic E-state index is 9.24. The molecule has 2 rings (SSSR count). The van der Waals surface area contributed by atoms with Crippen LogP contribution in [0.2, 0.25) is 0 Å². The van der Waals surface area contributed by atoms with Crippen LogP contribution in [0, 0.1) is 27.7 Å². The molecule has 2 aromatic rings. The molecule has 0 radical (unpaired) electrons. The van der Waals surface area contributed by atoms with Crippen LogP contribution >= 0.6 is 12.0 Å². The Morgan fingerprint density at radius 1 is 1.35 bits per heavy atom. The van der Waals surface area contributed by atoms with Gasteiger partial charge in [0.25, 0.3) is 0 Å².